The molecule has 0 radical (unpaired) electrons. The zero-order valence-corrected chi connectivity index (χ0v) is 26.9. The zero-order valence-electron chi connectivity index (χ0n) is 26.9. The van der Waals surface area contributed by atoms with Crippen LogP contribution in [0.2, 0.25) is 10.7 Å². The van der Waals surface area contributed by atoms with Crippen molar-refractivity contribution in [3.05, 3.63) is 52.1 Å². The summed E-state index contributed by atoms with van der Waals surface area (Å²) >= 11 is 0. The van der Waals surface area contributed by atoms with Crippen LogP contribution in [0.4, 0.5) is 11.6 Å². The van der Waals surface area contributed by atoms with Gasteiger partial charge in [-0.25, -0.2) is 19.6 Å². The smallest absolute Gasteiger partial charge is 0.345 e. The number of amides is 1. The van der Waals surface area contributed by atoms with Gasteiger partial charge in [-0.2, -0.15) is 4.98 Å². The number of nitrogens with two attached hydrogens (primary N) is 2. The molecule has 0 saturated carbocycles. The number of fused-ring (bicyclic) bond motifs is 3. The number of ether oxygens (including phenoxy) is 1. The largest absolute Gasteiger partial charge is 0.388 e. The Hall–Kier alpha value is -3.74. The summed E-state index contributed by atoms with van der Waals surface area (Å²) in [5, 5.41) is 6.80. The normalized spacial score (nSPS) is 18.7. The van der Waals surface area contributed by atoms with Gasteiger partial charge in [0.25, 0.3) is 5.56 Å². The van der Waals surface area contributed by atoms with Crippen LogP contribution in [0.5, 0.6) is 0 Å². The molecule has 3 atom stereocenters. The molecule has 2 bridgehead atoms. The number of primary amides is 1. The van der Waals surface area contributed by atoms with E-state index in [9.17, 15) is 19.2 Å². The number of nitrogen functional groups attached to an aromatic ring is 1. The minimum absolute atomic E-state index is 0.00742. The van der Waals surface area contributed by atoms with Crippen LogP contribution < -0.4 is 27.7 Å². The lowest BCUT2D eigenvalue weighted by atomic mass is 8.89. The van der Waals surface area contributed by atoms with Crippen LogP contribution in [0, 0.1) is 0 Å². The average Bonchev–Trinajstić information content (AvgIpc) is 3.44. The lowest BCUT2D eigenvalue weighted by molar-refractivity contribution is -0.140. The van der Waals surface area contributed by atoms with Crippen LogP contribution in [-0.2, 0) is 20.9 Å². The molecule has 0 spiro atoms. The Morgan fingerprint density at radius 1 is 1.04 bits per heavy atom. The third kappa shape index (κ3) is 9.88. The highest BCUT2D eigenvalue weighted by molar-refractivity contribution is 7.64. The zero-order chi connectivity index (χ0) is 33.2. The second-order valence-corrected chi connectivity index (χ2v) is 13.2. The highest BCUT2D eigenvalue weighted by atomic mass is 16.6. The maximum Gasteiger partial charge on any atom is 0.345 e. The fourth-order valence-electron chi connectivity index (χ4n) is 7.14. The maximum atomic E-state index is 13.1. The van der Waals surface area contributed by atoms with E-state index in [4.69, 9.17) is 16.2 Å². The number of benzene rings is 1. The third-order valence-corrected chi connectivity index (χ3v) is 9.64. The van der Waals surface area contributed by atoms with Crippen LogP contribution >= 0.6 is 0 Å². The number of carbonyl (C=O) groups excluding carboxylic acids is 3. The van der Waals surface area contributed by atoms with Gasteiger partial charge in [-0.15, -0.1) is 10.7 Å². The number of rotatable bonds is 13. The van der Waals surface area contributed by atoms with E-state index in [0.717, 1.165) is 18.5 Å². The van der Waals surface area contributed by atoms with Gasteiger partial charge in [0.1, 0.15) is 6.04 Å². The Kier molecular flexibility index (Phi) is 12.1. The summed E-state index contributed by atoms with van der Waals surface area (Å²) in [6, 6.07) is 5.60. The van der Waals surface area contributed by atoms with Gasteiger partial charge in [0.05, 0.1) is 60.0 Å². The lowest BCUT2D eigenvalue weighted by Gasteiger charge is -2.30. The Morgan fingerprint density at radius 3 is 2.64 bits per heavy atom. The minimum Gasteiger partial charge on any atom is -0.388 e. The molecule has 23 heteroatoms. The van der Waals surface area contributed by atoms with Gasteiger partial charge in [0.15, 0.2) is 11.2 Å². The van der Waals surface area contributed by atoms with E-state index >= 15 is 0 Å². The van der Waals surface area contributed by atoms with E-state index in [-0.39, 0.29) is 42.1 Å². The second kappa shape index (κ2) is 16.4. The molecule has 5 rings (SSSR count). The van der Waals surface area contributed by atoms with Crippen molar-refractivity contribution in [2.45, 2.75) is 49.0 Å². The molecule has 0 aliphatic carbocycles. The van der Waals surface area contributed by atoms with Crippen molar-refractivity contribution in [2.24, 2.45) is 5.73 Å². The van der Waals surface area contributed by atoms with Crippen molar-refractivity contribution in [3.63, 3.8) is 0 Å². The van der Waals surface area contributed by atoms with E-state index in [2.05, 4.69) is 30.6 Å². The predicted molar refractivity (Wildman–Crippen MR) is 204 cm³/mol. The number of nitrogens with zero attached hydrogens (tertiary/aromatic N) is 3. The number of anilines is 2. The number of esters is 2. The van der Waals surface area contributed by atoms with Gasteiger partial charge >= 0.3 is 11.9 Å². The molecule has 2 unspecified atom stereocenters. The first-order valence-corrected chi connectivity index (χ1v) is 16.8. The minimum atomic E-state index is -0.813. The quantitative estimate of drug-likeness (QED) is 0.0524. The van der Waals surface area contributed by atoms with Crippen molar-refractivity contribution >= 4 is 112 Å². The van der Waals surface area contributed by atoms with Crippen LogP contribution in [-0.4, -0.2) is 122 Å². The summed E-state index contributed by atoms with van der Waals surface area (Å²) in [6.45, 7) is 0.851. The van der Waals surface area contributed by atoms with Gasteiger partial charge in [-0.3, -0.25) is 14.6 Å². The van der Waals surface area contributed by atoms with Gasteiger partial charge in [0.2, 0.25) is 11.9 Å². The highest BCUT2D eigenvalue weighted by Crippen LogP contribution is 2.36. The Bertz CT molecular complexity index is 1640. The fraction of sp³-hybridized carbons (Fsp3) is 0.375. The maximum absolute atomic E-state index is 13.1. The summed E-state index contributed by atoms with van der Waals surface area (Å²) in [6.07, 6.45) is 3.69. The van der Waals surface area contributed by atoms with Crippen molar-refractivity contribution < 1.29 is 19.1 Å². The molecule has 13 nitrogen and oxygen atoms in total. The molecule has 4 heterocycles. The van der Waals surface area contributed by atoms with Gasteiger partial charge in [0, 0.05) is 47.4 Å². The molecule has 47 heavy (non-hydrogen) atoms. The highest BCUT2D eigenvalue weighted by Gasteiger charge is 2.40. The average molecular weight is 625 g/mol. The Balaban J connectivity index is 1.11. The molecule has 1 aromatic carbocycles. The fourth-order valence-corrected chi connectivity index (χ4v) is 7.14. The summed E-state index contributed by atoms with van der Waals surface area (Å²) in [5.74, 6) is -2.06. The van der Waals surface area contributed by atoms with Crippen LogP contribution in [0.15, 0.2) is 35.3 Å². The van der Waals surface area contributed by atoms with Crippen molar-refractivity contribution in [1.82, 2.24) is 25.3 Å². The van der Waals surface area contributed by atoms with Crippen LogP contribution in [0.1, 0.15) is 41.7 Å². The number of hydrogen-bond acceptors (Lipinski definition) is 11. The number of nitrogens with one attached hydrogen (secondary N) is 3. The number of H-pyrrole nitrogens is 1. The van der Waals surface area contributed by atoms with E-state index in [0.29, 0.717) is 23.0 Å². The topological polar surface area (TPSA) is 208 Å². The van der Waals surface area contributed by atoms with Crippen LogP contribution in [0.3, 0.4) is 0 Å². The SMILES string of the molecule is NC(=O)CC[C@H](NCCCC12BBBBBBBC(BB1)B2)C(=O)OC(=O)c1ccc(NCc2cnc3nc(N)[nH]c(=O)c3n2)cc1. The molecule has 2 fully saturated rings. The Labute approximate surface area is 280 Å². The van der Waals surface area contributed by atoms with Gasteiger partial charge in [-0.1, -0.05) is 6.42 Å². The molecule has 1 amide bonds. The molecular formula is C24H36B10N8O5. The predicted octanol–water partition coefficient (Wildman–Crippen LogP) is -5.83. The van der Waals surface area contributed by atoms with Crippen LogP contribution in [0.25, 0.3) is 11.2 Å². The first-order chi connectivity index (χ1) is 22.7. The van der Waals surface area contributed by atoms with E-state index in [1.807, 2.05) is 0 Å². The van der Waals surface area contributed by atoms with E-state index in [1.54, 1.807) is 24.3 Å². The summed E-state index contributed by atoms with van der Waals surface area (Å²) in [7, 11) is 13.2. The van der Waals surface area contributed by atoms with E-state index in [1.165, 1.54) is 77.5 Å². The Morgan fingerprint density at radius 2 is 1.83 bits per heavy atom. The molecule has 2 aromatic heterocycles. The monoisotopic (exact) mass is 626 g/mol. The molecule has 2 aliphatic heterocycles. The number of aromatic amines is 1. The third-order valence-electron chi connectivity index (χ3n) is 9.64. The van der Waals surface area contributed by atoms with Crippen molar-refractivity contribution in [3.8, 4) is 0 Å². The first kappa shape index (κ1) is 34.6. The molecular weight excluding hydrogens is 588 g/mol. The lowest BCUT2D eigenvalue weighted by Crippen LogP contribution is -2.42. The summed E-state index contributed by atoms with van der Waals surface area (Å²) in [5.41, 5.74) is 12.9. The number of hydrogen-bond donors (Lipinski definition) is 5. The van der Waals surface area contributed by atoms with E-state index < -0.39 is 29.4 Å². The summed E-state index contributed by atoms with van der Waals surface area (Å²) in [4.78, 5) is 64.3. The van der Waals surface area contributed by atoms with Crippen molar-refractivity contribution in [2.75, 3.05) is 17.6 Å². The molecule has 232 valence electrons. The molecule has 7 N–H and O–H groups in total. The molecule has 2 saturated heterocycles. The first-order valence-electron chi connectivity index (χ1n) is 16.8. The number of carbonyl (C=O) groups is 3. The van der Waals surface area contributed by atoms with Crippen molar-refractivity contribution in [1.29, 1.82) is 0 Å². The number of aromatic nitrogens is 4. The molecule has 2 aliphatic rings. The van der Waals surface area contributed by atoms with Gasteiger partial charge in [-0.05, 0) is 43.7 Å². The molecule has 3 aromatic rings. The standard InChI is InChI=1S/C24H36B10N8O5/c35-16(43)7-6-15(37-9-1-8-24-25-22(26-28-24)27-30-32-34-33-31-29-24)21(46)47-20(45)12-2-4-13(5-3-12)38-10-14-11-39-18-17(40-14)19(44)42-23(36)41-18/h2-5,11,15,22,25-34,37-38H,1,6-10H2,(H2,35,43)(H3,36,39,41,42,44)/t15-,22?,24?/m0/s1. The van der Waals surface area contributed by atoms with Gasteiger partial charge < -0.3 is 26.8 Å². The second-order valence-electron chi connectivity index (χ2n) is 13.2. The summed E-state index contributed by atoms with van der Waals surface area (Å²) < 4.78 is 5.23.